The number of benzene rings is 2. The van der Waals surface area contributed by atoms with Gasteiger partial charge >= 0.3 is 0 Å². The Morgan fingerprint density at radius 2 is 1.34 bits per heavy atom. The number of hydrogen-bond acceptors (Lipinski definition) is 17. The Labute approximate surface area is 247 Å². The number of phenols is 4. The van der Waals surface area contributed by atoms with E-state index in [1.54, 1.807) is 0 Å². The number of aromatic hydroxyl groups is 4. The van der Waals surface area contributed by atoms with Gasteiger partial charge in [-0.15, -0.1) is 0 Å². The van der Waals surface area contributed by atoms with Crippen LogP contribution in [0.5, 0.6) is 28.7 Å². The fraction of sp³-hybridized carbons (Fsp3) is 0.519. The summed E-state index contributed by atoms with van der Waals surface area (Å²) in [5.41, 5.74) is -0.332. The first kappa shape index (κ1) is 32.1. The van der Waals surface area contributed by atoms with Crippen LogP contribution in [0.3, 0.4) is 0 Å². The molecule has 5 rings (SSSR count). The van der Waals surface area contributed by atoms with Crippen LogP contribution in [0.4, 0.5) is 0 Å². The molecule has 0 aromatic heterocycles. The number of phenolic OH excluding ortho intramolecular Hbond substituents is 4. The summed E-state index contributed by atoms with van der Waals surface area (Å²) in [7, 11) is 0. The molecule has 3 aliphatic rings. The average Bonchev–Trinajstić information content (AvgIpc) is 2.98. The summed E-state index contributed by atoms with van der Waals surface area (Å²) in [4.78, 5) is 13.6. The predicted octanol–water partition coefficient (Wildman–Crippen LogP) is -3.17. The topological polar surface area (TPSA) is 286 Å². The summed E-state index contributed by atoms with van der Waals surface area (Å²) in [6.07, 6.45) is -20.4. The van der Waals surface area contributed by atoms with Crippen LogP contribution in [0.25, 0.3) is 0 Å². The summed E-state index contributed by atoms with van der Waals surface area (Å²) < 4.78 is 27.9. The van der Waals surface area contributed by atoms with E-state index in [2.05, 4.69) is 0 Å². The molecule has 12 atom stereocenters. The molecule has 0 radical (unpaired) electrons. The van der Waals surface area contributed by atoms with Gasteiger partial charge in [-0.1, -0.05) is 6.07 Å². The molecule has 2 aromatic carbocycles. The Kier molecular flexibility index (Phi) is 9.17. The van der Waals surface area contributed by atoms with Gasteiger partial charge in [0.1, 0.15) is 71.6 Å². The number of Topliss-reactive ketones (excluding diaryl/α,β-unsaturated/α-hetero) is 1. The molecule has 0 bridgehead atoms. The lowest BCUT2D eigenvalue weighted by Gasteiger charge is -2.44. The van der Waals surface area contributed by atoms with Gasteiger partial charge in [0.15, 0.2) is 36.3 Å². The Balaban J connectivity index is 1.39. The van der Waals surface area contributed by atoms with Crippen LogP contribution < -0.4 is 4.74 Å². The van der Waals surface area contributed by atoms with Crippen molar-refractivity contribution in [2.75, 3.05) is 13.2 Å². The molecule has 2 fully saturated rings. The molecule has 11 N–H and O–H groups in total. The molecule has 0 spiro atoms. The van der Waals surface area contributed by atoms with Gasteiger partial charge in [0.05, 0.1) is 13.2 Å². The van der Waals surface area contributed by atoms with Crippen molar-refractivity contribution in [1.82, 2.24) is 0 Å². The minimum atomic E-state index is -1.97. The fourth-order valence-electron chi connectivity index (χ4n) is 5.20. The van der Waals surface area contributed by atoms with Gasteiger partial charge in [0, 0.05) is 12.1 Å². The van der Waals surface area contributed by atoms with Crippen LogP contribution in [0.15, 0.2) is 30.3 Å². The highest BCUT2D eigenvalue weighted by atomic mass is 16.7. The second-order valence-corrected chi connectivity index (χ2v) is 10.6. The van der Waals surface area contributed by atoms with E-state index in [0.717, 1.165) is 24.3 Å². The van der Waals surface area contributed by atoms with E-state index in [0.29, 0.717) is 0 Å². The largest absolute Gasteiger partial charge is 0.508 e. The molecule has 17 nitrogen and oxygen atoms in total. The zero-order chi connectivity index (χ0) is 32.0. The van der Waals surface area contributed by atoms with E-state index in [1.165, 1.54) is 6.07 Å². The molecule has 2 saturated heterocycles. The number of ketones is 1. The lowest BCUT2D eigenvalue weighted by Crippen LogP contribution is -2.62. The van der Waals surface area contributed by atoms with Crippen LogP contribution >= 0.6 is 0 Å². The third kappa shape index (κ3) is 5.87. The van der Waals surface area contributed by atoms with E-state index in [-0.39, 0.29) is 11.3 Å². The smallest absolute Gasteiger partial charge is 0.203 e. The third-order valence-electron chi connectivity index (χ3n) is 7.65. The van der Waals surface area contributed by atoms with Gasteiger partial charge in [0.25, 0.3) is 0 Å². The summed E-state index contributed by atoms with van der Waals surface area (Å²) in [6.45, 7) is -1.40. The van der Waals surface area contributed by atoms with E-state index in [1.807, 2.05) is 0 Å². The zero-order valence-corrected chi connectivity index (χ0v) is 22.6. The van der Waals surface area contributed by atoms with Crippen molar-refractivity contribution in [2.45, 2.75) is 73.6 Å². The van der Waals surface area contributed by atoms with Gasteiger partial charge in [-0.05, 0) is 17.7 Å². The minimum absolute atomic E-state index is 0.0699. The highest BCUT2D eigenvalue weighted by Gasteiger charge is 2.50. The van der Waals surface area contributed by atoms with Crippen LogP contribution in [-0.4, -0.2) is 143 Å². The number of aliphatic hydroxyl groups excluding tert-OH is 7. The van der Waals surface area contributed by atoms with Gasteiger partial charge in [-0.25, -0.2) is 0 Å². The van der Waals surface area contributed by atoms with E-state index < -0.39 is 121 Å². The Bertz CT molecular complexity index is 1350. The SMILES string of the molecule is O=C1c2c(O)cc(O)cc2O[C@H](c2ccc(O)c(O)c2)[C@H]1O[C@@H]1O[C@@H](CO[C@@H]2O[C@H](CO)[C@@H](O)[C@@H](O)[C@H]2O)[C@@H](O)[C@@H](O)[C@@H]1O. The molecule has 0 aliphatic carbocycles. The van der Waals surface area contributed by atoms with Crippen LogP contribution in [-0.2, 0) is 18.9 Å². The average molecular weight is 629 g/mol. The number of rotatable bonds is 7. The molecule has 44 heavy (non-hydrogen) atoms. The third-order valence-corrected chi connectivity index (χ3v) is 7.65. The van der Waals surface area contributed by atoms with Crippen LogP contribution in [0.1, 0.15) is 22.0 Å². The minimum Gasteiger partial charge on any atom is -0.508 e. The number of fused-ring (bicyclic) bond motifs is 1. The summed E-state index contributed by atoms with van der Waals surface area (Å²) in [6, 6.07) is 5.37. The Hall–Kier alpha value is -3.33. The highest BCUT2D eigenvalue weighted by molar-refractivity contribution is 6.05. The quantitative estimate of drug-likeness (QED) is 0.135. The first-order chi connectivity index (χ1) is 20.8. The van der Waals surface area contributed by atoms with Gasteiger partial charge < -0.3 is 79.9 Å². The summed E-state index contributed by atoms with van der Waals surface area (Å²) in [5, 5.41) is 111. The monoisotopic (exact) mass is 628 g/mol. The Morgan fingerprint density at radius 1 is 0.705 bits per heavy atom. The van der Waals surface area contributed by atoms with Crippen molar-refractivity contribution in [1.29, 1.82) is 0 Å². The number of ether oxygens (including phenoxy) is 5. The molecule has 17 heteroatoms. The first-order valence-corrected chi connectivity index (χ1v) is 13.4. The maximum atomic E-state index is 13.6. The van der Waals surface area contributed by atoms with Gasteiger partial charge in [-0.2, -0.15) is 0 Å². The summed E-state index contributed by atoms with van der Waals surface area (Å²) in [5.74, 6) is -3.36. The lowest BCUT2D eigenvalue weighted by atomic mass is 9.92. The number of carbonyl (C=O) groups is 1. The molecule has 3 aliphatic heterocycles. The second kappa shape index (κ2) is 12.6. The van der Waals surface area contributed by atoms with E-state index in [9.17, 15) is 61.0 Å². The van der Waals surface area contributed by atoms with Crippen molar-refractivity contribution in [3.63, 3.8) is 0 Å². The maximum absolute atomic E-state index is 13.6. The number of aliphatic hydroxyl groups is 7. The van der Waals surface area contributed by atoms with Crippen molar-refractivity contribution in [3.05, 3.63) is 41.5 Å². The normalized spacial score (nSPS) is 37.3. The number of carbonyl (C=O) groups excluding carboxylic acids is 1. The summed E-state index contributed by atoms with van der Waals surface area (Å²) >= 11 is 0. The zero-order valence-electron chi connectivity index (χ0n) is 22.6. The van der Waals surface area contributed by atoms with Crippen molar-refractivity contribution < 1.29 is 84.7 Å². The maximum Gasteiger partial charge on any atom is 0.203 e. The first-order valence-electron chi connectivity index (χ1n) is 13.4. The molecular formula is C27H32O17. The molecule has 0 amide bonds. The highest BCUT2D eigenvalue weighted by Crippen LogP contribution is 2.44. The van der Waals surface area contributed by atoms with Crippen LogP contribution in [0.2, 0.25) is 0 Å². The van der Waals surface area contributed by atoms with E-state index in [4.69, 9.17) is 23.7 Å². The van der Waals surface area contributed by atoms with E-state index >= 15 is 0 Å². The lowest BCUT2D eigenvalue weighted by molar-refractivity contribution is -0.335. The van der Waals surface area contributed by atoms with Gasteiger partial charge in [-0.3, -0.25) is 4.79 Å². The standard InChI is InChI=1S/C27H32O17/c28-6-14-17(33)20(36)22(38)26(42-14)40-7-15-18(34)21(37)23(39)27(43-15)44-25-19(35)16-12(32)4-9(29)5-13(16)41-24(25)8-1-2-10(30)11(31)3-8/h1-5,14-15,17-18,20-34,36-39H,6-7H2/t14-,15+,17-,18-,20-,21-,22-,23+,24-,25+,26-,27+/m1/s1. The molecular weight excluding hydrogens is 596 g/mol. The molecule has 2 aromatic rings. The van der Waals surface area contributed by atoms with Crippen molar-refractivity contribution in [2.24, 2.45) is 0 Å². The predicted molar refractivity (Wildman–Crippen MR) is 139 cm³/mol. The van der Waals surface area contributed by atoms with Crippen LogP contribution in [0, 0.1) is 0 Å². The second-order valence-electron chi connectivity index (χ2n) is 10.6. The number of hydrogen-bond donors (Lipinski definition) is 11. The van der Waals surface area contributed by atoms with Crippen molar-refractivity contribution >= 4 is 5.78 Å². The Morgan fingerprint density at radius 3 is 2.00 bits per heavy atom. The molecule has 0 saturated carbocycles. The molecule has 0 unspecified atom stereocenters. The molecule has 3 heterocycles. The fourth-order valence-corrected chi connectivity index (χ4v) is 5.20. The van der Waals surface area contributed by atoms with Crippen molar-refractivity contribution in [3.8, 4) is 28.7 Å². The molecule has 242 valence electrons. The van der Waals surface area contributed by atoms with Gasteiger partial charge in [0.2, 0.25) is 5.78 Å².